The second-order valence-corrected chi connectivity index (χ2v) is 4.28. The monoisotopic (exact) mass is 188 g/mol. The first-order valence-electron chi connectivity index (χ1n) is 4.94. The highest BCUT2D eigenvalue weighted by molar-refractivity contribution is 5.79. The van der Waals surface area contributed by atoms with E-state index in [1.54, 1.807) is 0 Å². The van der Waals surface area contributed by atoms with Crippen LogP contribution in [0.4, 0.5) is 8.78 Å². The van der Waals surface area contributed by atoms with Gasteiger partial charge in [-0.15, -0.1) is 0 Å². The fourth-order valence-corrected chi connectivity index (χ4v) is 2.90. The van der Waals surface area contributed by atoms with E-state index in [-0.39, 0.29) is 5.78 Å². The molecule has 0 radical (unpaired) electrons. The molecule has 1 atom stereocenters. The third-order valence-corrected chi connectivity index (χ3v) is 3.79. The highest BCUT2D eigenvalue weighted by atomic mass is 19.3. The van der Waals surface area contributed by atoms with Crippen LogP contribution in [0.5, 0.6) is 0 Å². The quantitative estimate of drug-likeness (QED) is 0.618. The maximum Gasteiger partial charge on any atom is 0.257 e. The Kier molecular flexibility index (Phi) is 1.76. The largest absolute Gasteiger partial charge is 0.300 e. The molecule has 74 valence electrons. The number of hydrogen-bond acceptors (Lipinski definition) is 1. The SMILES string of the molecule is CCC1C(F)(F)C12CCC(=O)CC2. The molecule has 0 N–H and O–H groups in total. The summed E-state index contributed by atoms with van der Waals surface area (Å²) in [6, 6.07) is 0. The van der Waals surface area contributed by atoms with E-state index in [0.29, 0.717) is 32.1 Å². The maximum absolute atomic E-state index is 13.4. The van der Waals surface area contributed by atoms with Gasteiger partial charge in [-0.2, -0.15) is 0 Å². The van der Waals surface area contributed by atoms with E-state index in [9.17, 15) is 13.6 Å². The van der Waals surface area contributed by atoms with Gasteiger partial charge in [0.25, 0.3) is 5.92 Å². The van der Waals surface area contributed by atoms with Crippen LogP contribution < -0.4 is 0 Å². The van der Waals surface area contributed by atoms with Crippen LogP contribution in [-0.2, 0) is 4.79 Å². The summed E-state index contributed by atoms with van der Waals surface area (Å²) >= 11 is 0. The van der Waals surface area contributed by atoms with Gasteiger partial charge < -0.3 is 0 Å². The van der Waals surface area contributed by atoms with E-state index in [2.05, 4.69) is 0 Å². The first-order valence-corrected chi connectivity index (χ1v) is 4.94. The average Bonchev–Trinajstić information content (AvgIpc) is 2.54. The molecule has 3 heteroatoms. The Balaban J connectivity index is 2.12. The molecule has 2 aliphatic rings. The molecular weight excluding hydrogens is 174 g/mol. The van der Waals surface area contributed by atoms with Gasteiger partial charge in [-0.3, -0.25) is 4.79 Å². The van der Waals surface area contributed by atoms with Crippen LogP contribution in [0.1, 0.15) is 39.0 Å². The standard InChI is InChI=1S/C10H14F2O/c1-2-8-9(10(8,11)12)5-3-7(13)4-6-9/h8H,2-6H2,1H3. The van der Waals surface area contributed by atoms with Crippen LogP contribution in [-0.4, -0.2) is 11.7 Å². The molecule has 0 aromatic carbocycles. The normalized spacial score (nSPS) is 35.0. The predicted octanol–water partition coefficient (Wildman–Crippen LogP) is 2.79. The van der Waals surface area contributed by atoms with Crippen molar-refractivity contribution >= 4 is 5.78 Å². The minimum Gasteiger partial charge on any atom is -0.300 e. The average molecular weight is 188 g/mol. The van der Waals surface area contributed by atoms with Crippen molar-refractivity contribution < 1.29 is 13.6 Å². The number of rotatable bonds is 1. The van der Waals surface area contributed by atoms with Crippen LogP contribution in [0.15, 0.2) is 0 Å². The molecule has 0 aromatic heterocycles. The van der Waals surface area contributed by atoms with Crippen molar-refractivity contribution in [2.45, 2.75) is 45.0 Å². The van der Waals surface area contributed by atoms with Crippen molar-refractivity contribution in [1.82, 2.24) is 0 Å². The number of carbonyl (C=O) groups is 1. The molecule has 0 saturated heterocycles. The lowest BCUT2D eigenvalue weighted by Crippen LogP contribution is -2.20. The number of hydrogen-bond donors (Lipinski definition) is 0. The Morgan fingerprint density at radius 2 is 1.92 bits per heavy atom. The maximum atomic E-state index is 13.4. The second kappa shape index (κ2) is 2.52. The van der Waals surface area contributed by atoms with E-state index in [4.69, 9.17) is 0 Å². The van der Waals surface area contributed by atoms with Crippen molar-refractivity contribution in [3.63, 3.8) is 0 Å². The predicted molar refractivity (Wildman–Crippen MR) is 44.6 cm³/mol. The minimum atomic E-state index is -2.48. The first kappa shape index (κ1) is 9.10. The van der Waals surface area contributed by atoms with E-state index in [1.807, 2.05) is 6.92 Å². The molecule has 2 rings (SSSR count). The molecule has 0 bridgehead atoms. The van der Waals surface area contributed by atoms with Crippen LogP contribution in [0.25, 0.3) is 0 Å². The van der Waals surface area contributed by atoms with Gasteiger partial charge in [-0.05, 0) is 19.3 Å². The summed E-state index contributed by atoms with van der Waals surface area (Å²) in [5.74, 6) is -2.78. The third-order valence-electron chi connectivity index (χ3n) is 3.79. The topological polar surface area (TPSA) is 17.1 Å². The third kappa shape index (κ3) is 0.990. The lowest BCUT2D eigenvalue weighted by atomic mass is 9.83. The smallest absolute Gasteiger partial charge is 0.257 e. The molecule has 0 heterocycles. The molecule has 1 nitrogen and oxygen atoms in total. The molecule has 2 aliphatic carbocycles. The Morgan fingerprint density at radius 1 is 1.38 bits per heavy atom. The lowest BCUT2D eigenvalue weighted by molar-refractivity contribution is -0.122. The summed E-state index contributed by atoms with van der Waals surface area (Å²) < 4.78 is 26.7. The molecule has 0 aliphatic heterocycles. The second-order valence-electron chi connectivity index (χ2n) is 4.28. The van der Waals surface area contributed by atoms with Crippen molar-refractivity contribution in [2.24, 2.45) is 11.3 Å². The van der Waals surface area contributed by atoms with Gasteiger partial charge in [0, 0.05) is 24.2 Å². The zero-order valence-corrected chi connectivity index (χ0v) is 7.78. The zero-order valence-electron chi connectivity index (χ0n) is 7.78. The summed E-state index contributed by atoms with van der Waals surface area (Å²) in [6.07, 6.45) is 2.11. The van der Waals surface area contributed by atoms with Gasteiger partial charge in [0.1, 0.15) is 5.78 Å². The van der Waals surface area contributed by atoms with Gasteiger partial charge in [-0.1, -0.05) is 6.92 Å². The van der Waals surface area contributed by atoms with Gasteiger partial charge in [0.05, 0.1) is 0 Å². The Labute approximate surface area is 76.5 Å². The summed E-state index contributed by atoms with van der Waals surface area (Å²) in [7, 11) is 0. The molecule has 0 aromatic rings. The minimum absolute atomic E-state index is 0.156. The van der Waals surface area contributed by atoms with Crippen molar-refractivity contribution in [3.05, 3.63) is 0 Å². The highest BCUT2D eigenvalue weighted by Crippen LogP contribution is 2.72. The summed E-state index contributed by atoms with van der Waals surface area (Å²) in [6.45, 7) is 1.81. The van der Waals surface area contributed by atoms with Crippen molar-refractivity contribution in [2.75, 3.05) is 0 Å². The summed E-state index contributed by atoms with van der Waals surface area (Å²) in [5.41, 5.74) is -0.782. The summed E-state index contributed by atoms with van der Waals surface area (Å²) in [5, 5.41) is 0. The van der Waals surface area contributed by atoms with Gasteiger partial charge in [-0.25, -0.2) is 8.78 Å². The van der Waals surface area contributed by atoms with Crippen LogP contribution >= 0.6 is 0 Å². The number of alkyl halides is 2. The Morgan fingerprint density at radius 3 is 2.31 bits per heavy atom. The zero-order chi connectivity index (χ0) is 9.69. The lowest BCUT2D eigenvalue weighted by Gasteiger charge is -2.20. The van der Waals surface area contributed by atoms with Gasteiger partial charge >= 0.3 is 0 Å². The number of ketones is 1. The number of carbonyl (C=O) groups excluding carboxylic acids is 1. The fourth-order valence-electron chi connectivity index (χ4n) is 2.90. The molecular formula is C10H14F2O. The van der Waals surface area contributed by atoms with E-state index in [1.165, 1.54) is 0 Å². The molecule has 13 heavy (non-hydrogen) atoms. The molecule has 2 fully saturated rings. The fraction of sp³-hybridized carbons (Fsp3) is 0.900. The van der Waals surface area contributed by atoms with Gasteiger partial charge in [0.2, 0.25) is 0 Å². The van der Waals surface area contributed by atoms with E-state index < -0.39 is 17.3 Å². The van der Waals surface area contributed by atoms with Crippen LogP contribution in [0, 0.1) is 11.3 Å². The van der Waals surface area contributed by atoms with E-state index >= 15 is 0 Å². The Bertz CT molecular complexity index is 237. The Hall–Kier alpha value is -0.470. The van der Waals surface area contributed by atoms with E-state index in [0.717, 1.165) is 0 Å². The van der Waals surface area contributed by atoms with Crippen molar-refractivity contribution in [1.29, 1.82) is 0 Å². The first-order chi connectivity index (χ1) is 6.04. The molecule has 1 spiro atoms. The van der Waals surface area contributed by atoms with Crippen molar-refractivity contribution in [3.8, 4) is 0 Å². The van der Waals surface area contributed by atoms with Crippen LogP contribution in [0.2, 0.25) is 0 Å². The molecule has 1 unspecified atom stereocenters. The number of halogens is 2. The van der Waals surface area contributed by atoms with Crippen LogP contribution in [0.3, 0.4) is 0 Å². The molecule has 0 amide bonds. The highest BCUT2D eigenvalue weighted by Gasteiger charge is 2.78. The number of Topliss-reactive ketones (excluding diaryl/α,β-unsaturated/α-hetero) is 1. The van der Waals surface area contributed by atoms with Gasteiger partial charge in [0.15, 0.2) is 0 Å². The molecule has 2 saturated carbocycles. The summed E-state index contributed by atoms with van der Waals surface area (Å²) in [4.78, 5) is 10.9.